The van der Waals surface area contributed by atoms with Crippen LogP contribution in [-0.4, -0.2) is 33.8 Å². The highest BCUT2D eigenvalue weighted by Crippen LogP contribution is 2.27. The predicted molar refractivity (Wildman–Crippen MR) is 103 cm³/mol. The molecule has 0 fully saturated rings. The average Bonchev–Trinajstić information content (AvgIpc) is 3.16. The molecule has 0 aliphatic heterocycles. The molecule has 2 aromatic carbocycles. The Morgan fingerprint density at radius 2 is 2.11 bits per heavy atom. The van der Waals surface area contributed by atoms with Crippen molar-refractivity contribution in [3.8, 4) is 17.0 Å². The van der Waals surface area contributed by atoms with Gasteiger partial charge in [-0.3, -0.25) is 20.0 Å². The summed E-state index contributed by atoms with van der Waals surface area (Å²) in [7, 11) is 0. The number of H-pyrrole nitrogens is 1. The van der Waals surface area contributed by atoms with Crippen molar-refractivity contribution in [3.63, 3.8) is 0 Å². The lowest BCUT2D eigenvalue weighted by Crippen LogP contribution is -2.24. The number of rotatable bonds is 7. The molecule has 3 aromatic rings. The van der Waals surface area contributed by atoms with Crippen molar-refractivity contribution >= 4 is 17.8 Å². The number of aryl methyl sites for hydroxylation is 1. The molecular formula is C19H17N5O4. The Kier molecular flexibility index (Phi) is 5.75. The number of nitrogens with zero attached hydrogens (tertiary/aromatic N) is 3. The second kappa shape index (κ2) is 8.58. The quantitative estimate of drug-likeness (QED) is 0.371. The van der Waals surface area contributed by atoms with Gasteiger partial charge in [0.15, 0.2) is 12.4 Å². The number of aromatic amines is 1. The lowest BCUT2D eigenvalue weighted by molar-refractivity contribution is -0.385. The molecule has 2 N–H and O–H groups in total. The van der Waals surface area contributed by atoms with E-state index in [2.05, 4.69) is 20.7 Å². The maximum absolute atomic E-state index is 11.9. The van der Waals surface area contributed by atoms with Gasteiger partial charge in [0.2, 0.25) is 0 Å². The minimum absolute atomic E-state index is 0.0240. The third-order valence-electron chi connectivity index (χ3n) is 3.79. The molecule has 0 radical (unpaired) electrons. The molecule has 142 valence electrons. The number of nitrogens with one attached hydrogen (secondary N) is 2. The van der Waals surface area contributed by atoms with Crippen LogP contribution in [0.4, 0.5) is 5.69 Å². The van der Waals surface area contributed by atoms with E-state index in [9.17, 15) is 14.9 Å². The minimum atomic E-state index is -0.553. The van der Waals surface area contributed by atoms with Gasteiger partial charge in [-0.2, -0.15) is 10.2 Å². The van der Waals surface area contributed by atoms with Crippen molar-refractivity contribution in [1.82, 2.24) is 15.6 Å². The average molecular weight is 379 g/mol. The molecule has 0 aliphatic rings. The first kappa shape index (κ1) is 18.8. The zero-order chi connectivity index (χ0) is 19.9. The molecule has 0 bridgehead atoms. The first-order valence-corrected chi connectivity index (χ1v) is 8.33. The molecular weight excluding hydrogens is 362 g/mol. The number of amides is 1. The highest BCUT2D eigenvalue weighted by atomic mass is 16.6. The standard InChI is InChI=1S/C19H17N5O4/c1-13-7-8-17(16(9-13)24(26)27)28-12-18(25)22-20-10-15-11-21-23-19(15)14-5-3-2-4-6-14/h2-11H,12H2,1H3,(H,21,23)(H,22,25)/b20-10+. The van der Waals surface area contributed by atoms with Gasteiger partial charge in [0.1, 0.15) is 0 Å². The first-order valence-electron chi connectivity index (χ1n) is 8.33. The monoisotopic (exact) mass is 379 g/mol. The smallest absolute Gasteiger partial charge is 0.311 e. The van der Waals surface area contributed by atoms with Crippen LogP contribution < -0.4 is 10.2 Å². The highest BCUT2D eigenvalue weighted by Gasteiger charge is 2.16. The van der Waals surface area contributed by atoms with Crippen LogP contribution in [0.5, 0.6) is 5.75 Å². The van der Waals surface area contributed by atoms with Gasteiger partial charge >= 0.3 is 5.69 Å². The van der Waals surface area contributed by atoms with E-state index < -0.39 is 17.4 Å². The number of carbonyl (C=O) groups excluding carboxylic acids is 1. The second-order valence-corrected chi connectivity index (χ2v) is 5.88. The molecule has 0 atom stereocenters. The largest absolute Gasteiger partial charge is 0.477 e. The van der Waals surface area contributed by atoms with Crippen molar-refractivity contribution in [2.45, 2.75) is 6.92 Å². The highest BCUT2D eigenvalue weighted by molar-refractivity contribution is 5.89. The van der Waals surface area contributed by atoms with Gasteiger partial charge in [-0.15, -0.1) is 0 Å². The molecule has 9 heteroatoms. The van der Waals surface area contributed by atoms with Gasteiger partial charge in [0.05, 0.1) is 23.0 Å². The van der Waals surface area contributed by atoms with Crippen molar-refractivity contribution < 1.29 is 14.5 Å². The Balaban J connectivity index is 1.59. The van der Waals surface area contributed by atoms with E-state index in [1.54, 1.807) is 19.2 Å². The first-order chi connectivity index (χ1) is 13.5. The summed E-state index contributed by atoms with van der Waals surface area (Å²) >= 11 is 0. The lowest BCUT2D eigenvalue weighted by Gasteiger charge is -2.06. The molecule has 0 spiro atoms. The normalized spacial score (nSPS) is 10.8. The van der Waals surface area contributed by atoms with Crippen molar-refractivity contribution in [2.75, 3.05) is 6.61 Å². The Labute approximate surface area is 160 Å². The summed E-state index contributed by atoms with van der Waals surface area (Å²) in [5.41, 5.74) is 5.25. The number of nitro groups is 1. The van der Waals surface area contributed by atoms with Crippen LogP contribution in [-0.2, 0) is 4.79 Å². The number of ether oxygens (including phenoxy) is 1. The van der Waals surface area contributed by atoms with Crippen LogP contribution in [0, 0.1) is 17.0 Å². The zero-order valence-electron chi connectivity index (χ0n) is 15.0. The van der Waals surface area contributed by atoms with Crippen molar-refractivity contribution in [1.29, 1.82) is 0 Å². The summed E-state index contributed by atoms with van der Waals surface area (Å²) in [6.07, 6.45) is 3.04. The van der Waals surface area contributed by atoms with E-state index in [-0.39, 0.29) is 11.4 Å². The van der Waals surface area contributed by atoms with Gasteiger partial charge in [-0.25, -0.2) is 5.43 Å². The molecule has 1 heterocycles. The molecule has 1 amide bonds. The zero-order valence-corrected chi connectivity index (χ0v) is 15.0. The fraction of sp³-hybridized carbons (Fsp3) is 0.105. The van der Waals surface area contributed by atoms with E-state index in [1.165, 1.54) is 18.3 Å². The molecule has 1 aromatic heterocycles. The van der Waals surface area contributed by atoms with Crippen LogP contribution in [0.15, 0.2) is 59.8 Å². The van der Waals surface area contributed by atoms with Crippen LogP contribution in [0.25, 0.3) is 11.3 Å². The Morgan fingerprint density at radius 1 is 1.32 bits per heavy atom. The summed E-state index contributed by atoms with van der Waals surface area (Å²) < 4.78 is 5.25. The second-order valence-electron chi connectivity index (χ2n) is 5.88. The topological polar surface area (TPSA) is 123 Å². The molecule has 3 rings (SSSR count). The predicted octanol–water partition coefficient (Wildman–Crippen LogP) is 2.82. The van der Waals surface area contributed by atoms with E-state index in [0.717, 1.165) is 16.8 Å². The molecule has 0 saturated heterocycles. The van der Waals surface area contributed by atoms with Crippen LogP contribution in [0.3, 0.4) is 0 Å². The maximum atomic E-state index is 11.9. The summed E-state index contributed by atoms with van der Waals surface area (Å²) in [4.78, 5) is 22.4. The number of hydrogen-bond acceptors (Lipinski definition) is 6. The van der Waals surface area contributed by atoms with E-state index in [0.29, 0.717) is 5.56 Å². The van der Waals surface area contributed by atoms with Gasteiger partial charge < -0.3 is 4.74 Å². The Morgan fingerprint density at radius 3 is 2.86 bits per heavy atom. The van der Waals surface area contributed by atoms with Gasteiger partial charge in [-0.1, -0.05) is 36.4 Å². The number of hydrogen-bond donors (Lipinski definition) is 2. The summed E-state index contributed by atoms with van der Waals surface area (Å²) in [5, 5.41) is 21.8. The summed E-state index contributed by atoms with van der Waals surface area (Å²) in [6.45, 7) is 1.33. The fourth-order valence-corrected chi connectivity index (χ4v) is 2.47. The van der Waals surface area contributed by atoms with E-state index in [1.807, 2.05) is 30.3 Å². The number of carbonyl (C=O) groups is 1. The van der Waals surface area contributed by atoms with Crippen molar-refractivity contribution in [2.24, 2.45) is 5.10 Å². The molecule has 0 saturated carbocycles. The van der Waals surface area contributed by atoms with E-state index in [4.69, 9.17) is 4.74 Å². The van der Waals surface area contributed by atoms with Crippen LogP contribution in [0.2, 0.25) is 0 Å². The van der Waals surface area contributed by atoms with Crippen LogP contribution in [0.1, 0.15) is 11.1 Å². The van der Waals surface area contributed by atoms with Gasteiger partial charge in [0.25, 0.3) is 5.91 Å². The molecule has 0 unspecified atom stereocenters. The number of aromatic nitrogens is 2. The minimum Gasteiger partial charge on any atom is -0.477 e. The van der Waals surface area contributed by atoms with Crippen LogP contribution >= 0.6 is 0 Å². The molecule has 9 nitrogen and oxygen atoms in total. The fourth-order valence-electron chi connectivity index (χ4n) is 2.47. The molecule has 0 aliphatic carbocycles. The Hall–Kier alpha value is -4.01. The number of hydrazone groups is 1. The molecule has 28 heavy (non-hydrogen) atoms. The number of nitro benzene ring substituents is 1. The Bertz CT molecular complexity index is 1010. The third-order valence-corrected chi connectivity index (χ3v) is 3.79. The SMILES string of the molecule is Cc1ccc(OCC(=O)N/N=C/c2cn[nH]c2-c2ccccc2)c([N+](=O)[O-])c1. The van der Waals surface area contributed by atoms with Gasteiger partial charge in [0, 0.05) is 17.2 Å². The number of benzene rings is 2. The third kappa shape index (κ3) is 4.58. The van der Waals surface area contributed by atoms with E-state index >= 15 is 0 Å². The summed E-state index contributed by atoms with van der Waals surface area (Å²) in [6, 6.07) is 14.1. The maximum Gasteiger partial charge on any atom is 0.311 e. The lowest BCUT2D eigenvalue weighted by atomic mass is 10.1. The van der Waals surface area contributed by atoms with Crippen molar-refractivity contribution in [3.05, 3.63) is 76.0 Å². The summed E-state index contributed by atoms with van der Waals surface area (Å²) in [5.74, 6) is -0.521. The van der Waals surface area contributed by atoms with Gasteiger partial charge in [-0.05, 0) is 18.6 Å².